The van der Waals surface area contributed by atoms with Crippen LogP contribution in [0.25, 0.3) is 11.5 Å². The Morgan fingerprint density at radius 3 is 2.62 bits per heavy atom. The van der Waals surface area contributed by atoms with E-state index in [1.807, 2.05) is 12.1 Å². The highest BCUT2D eigenvalue weighted by molar-refractivity contribution is 7.89. The van der Waals surface area contributed by atoms with Crippen LogP contribution >= 0.6 is 11.6 Å². The number of aromatic nitrogens is 2. The van der Waals surface area contributed by atoms with Crippen molar-refractivity contribution in [3.8, 4) is 17.2 Å². The van der Waals surface area contributed by atoms with E-state index >= 15 is 0 Å². The predicted octanol–water partition coefficient (Wildman–Crippen LogP) is 2.92. The van der Waals surface area contributed by atoms with Crippen LogP contribution in [0.15, 0.2) is 57.8 Å². The molecular weight excluding hydrogens is 378 g/mol. The fraction of sp³-hybridized carbons (Fsp3) is 0.176. The van der Waals surface area contributed by atoms with Gasteiger partial charge in [-0.05, 0) is 24.3 Å². The molecule has 0 spiro atoms. The highest BCUT2D eigenvalue weighted by Gasteiger charge is 2.18. The van der Waals surface area contributed by atoms with Gasteiger partial charge in [-0.3, -0.25) is 0 Å². The number of rotatable bonds is 7. The molecule has 0 unspecified atom stereocenters. The molecule has 3 aromatic rings. The first-order valence-electron chi connectivity index (χ1n) is 7.71. The first kappa shape index (κ1) is 18.4. The molecule has 7 nitrogen and oxygen atoms in total. The van der Waals surface area contributed by atoms with E-state index in [2.05, 4.69) is 14.9 Å². The molecule has 2 aromatic carbocycles. The second kappa shape index (κ2) is 7.86. The van der Waals surface area contributed by atoms with Crippen molar-refractivity contribution in [2.24, 2.45) is 0 Å². The molecule has 9 heteroatoms. The van der Waals surface area contributed by atoms with E-state index in [-0.39, 0.29) is 22.9 Å². The molecule has 0 saturated carbocycles. The molecule has 0 aliphatic heterocycles. The van der Waals surface area contributed by atoms with Crippen LogP contribution in [-0.4, -0.2) is 32.3 Å². The monoisotopic (exact) mass is 393 g/mol. The summed E-state index contributed by atoms with van der Waals surface area (Å²) in [5.41, 5.74) is 0.672. The van der Waals surface area contributed by atoms with Gasteiger partial charge in [0.2, 0.25) is 15.9 Å². The van der Waals surface area contributed by atoms with Gasteiger partial charge in [-0.25, -0.2) is 13.1 Å². The Kier molecular flexibility index (Phi) is 5.55. The number of nitrogens with one attached hydrogen (secondary N) is 1. The third kappa shape index (κ3) is 4.04. The zero-order valence-electron chi connectivity index (χ0n) is 13.8. The first-order valence-corrected chi connectivity index (χ1v) is 9.57. The molecule has 0 amide bonds. The Morgan fingerprint density at radius 2 is 1.85 bits per heavy atom. The summed E-state index contributed by atoms with van der Waals surface area (Å²) in [6, 6.07) is 13.5. The highest BCUT2D eigenvalue weighted by atomic mass is 35.5. The maximum Gasteiger partial charge on any atom is 0.251 e. The molecule has 1 aromatic heterocycles. The van der Waals surface area contributed by atoms with Gasteiger partial charge < -0.3 is 9.15 Å². The van der Waals surface area contributed by atoms with E-state index in [4.69, 9.17) is 20.8 Å². The van der Waals surface area contributed by atoms with Crippen molar-refractivity contribution in [2.75, 3.05) is 13.7 Å². The maximum atomic E-state index is 12.3. The van der Waals surface area contributed by atoms with E-state index in [1.54, 1.807) is 31.4 Å². The average molecular weight is 394 g/mol. The number of benzene rings is 2. The number of methoxy groups -OCH3 is 1. The summed E-state index contributed by atoms with van der Waals surface area (Å²) < 4.78 is 37.9. The van der Waals surface area contributed by atoms with Crippen molar-refractivity contribution in [3.05, 3.63) is 59.4 Å². The molecule has 0 fully saturated rings. The van der Waals surface area contributed by atoms with E-state index in [0.717, 1.165) is 0 Å². The number of hydrogen-bond donors (Lipinski definition) is 1. The molecule has 26 heavy (non-hydrogen) atoms. The average Bonchev–Trinajstić information content (AvgIpc) is 3.10. The van der Waals surface area contributed by atoms with Gasteiger partial charge in [0.15, 0.2) is 0 Å². The fourth-order valence-electron chi connectivity index (χ4n) is 2.32. The minimum absolute atomic E-state index is 0.0295. The number of para-hydroxylation sites is 1. The SMILES string of the molecule is COc1ccccc1-c1nnc(CCNS(=O)(=O)c2ccccc2Cl)o1. The van der Waals surface area contributed by atoms with Crippen LogP contribution < -0.4 is 9.46 Å². The van der Waals surface area contributed by atoms with E-state index in [9.17, 15) is 8.42 Å². The van der Waals surface area contributed by atoms with Gasteiger partial charge >= 0.3 is 0 Å². The van der Waals surface area contributed by atoms with Crippen LogP contribution in [0.3, 0.4) is 0 Å². The van der Waals surface area contributed by atoms with Gasteiger partial charge in [-0.2, -0.15) is 0 Å². The molecule has 0 bridgehead atoms. The Morgan fingerprint density at radius 1 is 1.12 bits per heavy atom. The van der Waals surface area contributed by atoms with Crippen molar-refractivity contribution < 1.29 is 17.6 Å². The summed E-state index contributed by atoms with van der Waals surface area (Å²) >= 11 is 5.93. The fourth-order valence-corrected chi connectivity index (χ4v) is 3.87. The normalized spacial score (nSPS) is 11.5. The second-order valence-electron chi connectivity index (χ2n) is 5.28. The summed E-state index contributed by atoms with van der Waals surface area (Å²) in [7, 11) is -2.15. The number of hydrogen-bond acceptors (Lipinski definition) is 6. The molecule has 3 rings (SSSR count). The van der Waals surface area contributed by atoms with E-state index in [0.29, 0.717) is 23.1 Å². The van der Waals surface area contributed by atoms with Crippen LogP contribution in [0.4, 0.5) is 0 Å². The van der Waals surface area contributed by atoms with Gasteiger partial charge in [0.05, 0.1) is 17.7 Å². The van der Waals surface area contributed by atoms with Crippen LogP contribution in [0.5, 0.6) is 5.75 Å². The lowest BCUT2D eigenvalue weighted by molar-refractivity contribution is 0.413. The highest BCUT2D eigenvalue weighted by Crippen LogP contribution is 2.28. The lowest BCUT2D eigenvalue weighted by Gasteiger charge is -2.07. The first-order chi connectivity index (χ1) is 12.5. The summed E-state index contributed by atoms with van der Waals surface area (Å²) in [5.74, 6) is 1.24. The van der Waals surface area contributed by atoms with Gasteiger partial charge in [0.1, 0.15) is 10.6 Å². The lowest BCUT2D eigenvalue weighted by atomic mass is 10.2. The van der Waals surface area contributed by atoms with Crippen molar-refractivity contribution in [3.63, 3.8) is 0 Å². The zero-order chi connectivity index (χ0) is 18.6. The Labute approximate surface area is 156 Å². The van der Waals surface area contributed by atoms with Crippen LogP contribution in [-0.2, 0) is 16.4 Å². The molecule has 0 saturated heterocycles. The molecule has 136 valence electrons. The maximum absolute atomic E-state index is 12.3. The van der Waals surface area contributed by atoms with E-state index < -0.39 is 10.0 Å². The molecule has 1 heterocycles. The summed E-state index contributed by atoms with van der Waals surface area (Å²) in [4.78, 5) is 0.0295. The predicted molar refractivity (Wildman–Crippen MR) is 96.6 cm³/mol. The number of halogens is 1. The third-order valence-corrected chi connectivity index (χ3v) is 5.52. The number of sulfonamides is 1. The minimum Gasteiger partial charge on any atom is -0.496 e. The smallest absolute Gasteiger partial charge is 0.251 e. The van der Waals surface area contributed by atoms with Gasteiger partial charge in [-0.1, -0.05) is 35.9 Å². The second-order valence-corrected chi connectivity index (χ2v) is 7.42. The van der Waals surface area contributed by atoms with Crippen LogP contribution in [0.2, 0.25) is 5.02 Å². The summed E-state index contributed by atoms with van der Waals surface area (Å²) in [6.45, 7) is 0.0983. The van der Waals surface area contributed by atoms with Crippen molar-refractivity contribution in [2.45, 2.75) is 11.3 Å². The number of nitrogens with zero attached hydrogens (tertiary/aromatic N) is 2. The Balaban J connectivity index is 1.67. The van der Waals surface area contributed by atoms with Crippen molar-refractivity contribution in [1.82, 2.24) is 14.9 Å². The Bertz CT molecular complexity index is 1000. The van der Waals surface area contributed by atoms with Crippen molar-refractivity contribution >= 4 is 21.6 Å². The molecule has 0 aliphatic carbocycles. The third-order valence-electron chi connectivity index (χ3n) is 3.56. The van der Waals surface area contributed by atoms with Crippen molar-refractivity contribution in [1.29, 1.82) is 0 Å². The quantitative estimate of drug-likeness (QED) is 0.663. The molecule has 1 N–H and O–H groups in total. The molecular formula is C17H16ClN3O4S. The van der Waals surface area contributed by atoms with E-state index in [1.165, 1.54) is 12.1 Å². The molecule has 0 aliphatic rings. The van der Waals surface area contributed by atoms with Gasteiger partial charge in [0, 0.05) is 13.0 Å². The molecule has 0 atom stereocenters. The topological polar surface area (TPSA) is 94.3 Å². The van der Waals surface area contributed by atoms with Gasteiger partial charge in [0.25, 0.3) is 5.89 Å². The van der Waals surface area contributed by atoms with Gasteiger partial charge in [-0.15, -0.1) is 10.2 Å². The lowest BCUT2D eigenvalue weighted by Crippen LogP contribution is -2.26. The standard InChI is InChI=1S/C17H16ClN3O4S/c1-24-14-8-4-2-6-12(14)17-21-20-16(25-17)10-11-19-26(22,23)15-9-5-3-7-13(15)18/h2-9,19H,10-11H2,1H3. The summed E-state index contributed by atoms with van der Waals surface area (Å²) in [6.07, 6.45) is 0.242. The van der Waals surface area contributed by atoms with Crippen LogP contribution in [0.1, 0.15) is 5.89 Å². The zero-order valence-corrected chi connectivity index (χ0v) is 15.4. The largest absolute Gasteiger partial charge is 0.496 e. The number of ether oxygens (including phenoxy) is 1. The minimum atomic E-state index is -3.71. The summed E-state index contributed by atoms with van der Waals surface area (Å²) in [5, 5.41) is 8.10. The molecule has 0 radical (unpaired) electrons. The Hall–Kier alpha value is -2.42. The van der Waals surface area contributed by atoms with Crippen LogP contribution in [0, 0.1) is 0 Å².